The Morgan fingerprint density at radius 3 is 2.36 bits per heavy atom. The molecule has 3 heteroatoms. The molecule has 0 saturated heterocycles. The molecule has 0 aromatic heterocycles. The van der Waals surface area contributed by atoms with Gasteiger partial charge in [-0.1, -0.05) is 31.2 Å². The van der Waals surface area contributed by atoms with Crippen LogP contribution in [0.4, 0.5) is 0 Å². The second-order valence-electron chi connectivity index (χ2n) is 5.12. The van der Waals surface area contributed by atoms with Gasteiger partial charge in [-0.15, -0.1) is 0 Å². The minimum absolute atomic E-state index is 0.256. The van der Waals surface area contributed by atoms with E-state index >= 15 is 0 Å². The van der Waals surface area contributed by atoms with Crippen molar-refractivity contribution in [3.8, 4) is 17.9 Å². The Labute approximate surface area is 131 Å². The number of rotatable bonds is 5. The van der Waals surface area contributed by atoms with Gasteiger partial charge >= 0.3 is 0 Å². The average molecular weight is 290 g/mol. The molecule has 0 aliphatic rings. The van der Waals surface area contributed by atoms with Gasteiger partial charge in [0, 0.05) is 0 Å². The quantitative estimate of drug-likeness (QED) is 0.837. The van der Waals surface area contributed by atoms with Crippen LogP contribution in [0.15, 0.2) is 42.5 Å². The lowest BCUT2D eigenvalue weighted by molar-refractivity contribution is 0.409. The summed E-state index contributed by atoms with van der Waals surface area (Å²) in [6.45, 7) is 2.11. The molecule has 0 N–H and O–H groups in total. The first kappa shape index (κ1) is 15.6. The molecule has 0 aliphatic carbocycles. The number of nitriles is 2. The first-order valence-corrected chi connectivity index (χ1v) is 7.27. The maximum atomic E-state index is 9.50. The zero-order valence-electron chi connectivity index (χ0n) is 12.8. The van der Waals surface area contributed by atoms with E-state index < -0.39 is 0 Å². The summed E-state index contributed by atoms with van der Waals surface area (Å²) in [5, 5.41) is 18.4. The van der Waals surface area contributed by atoms with Gasteiger partial charge in [-0.25, -0.2) is 0 Å². The van der Waals surface area contributed by atoms with Crippen molar-refractivity contribution in [2.24, 2.45) is 0 Å². The van der Waals surface area contributed by atoms with Crippen LogP contribution in [0, 0.1) is 22.7 Å². The third-order valence-electron chi connectivity index (χ3n) is 3.78. The topological polar surface area (TPSA) is 56.8 Å². The van der Waals surface area contributed by atoms with Gasteiger partial charge in [-0.2, -0.15) is 10.5 Å². The summed E-state index contributed by atoms with van der Waals surface area (Å²) < 4.78 is 5.41. The van der Waals surface area contributed by atoms with E-state index in [4.69, 9.17) is 10.00 Å². The van der Waals surface area contributed by atoms with Gasteiger partial charge in [0.05, 0.1) is 30.7 Å². The first-order valence-electron chi connectivity index (χ1n) is 7.27. The van der Waals surface area contributed by atoms with Crippen molar-refractivity contribution < 1.29 is 4.74 Å². The highest BCUT2D eigenvalue weighted by molar-refractivity contribution is 5.41. The van der Waals surface area contributed by atoms with E-state index in [1.54, 1.807) is 19.2 Å². The summed E-state index contributed by atoms with van der Waals surface area (Å²) in [5.41, 5.74) is 3.79. The Kier molecular flexibility index (Phi) is 5.17. The maximum Gasteiger partial charge on any atom is 0.122 e. The Morgan fingerprint density at radius 2 is 1.82 bits per heavy atom. The van der Waals surface area contributed by atoms with Crippen molar-refractivity contribution in [3.05, 3.63) is 64.7 Å². The van der Waals surface area contributed by atoms with Gasteiger partial charge in [0.25, 0.3) is 0 Å². The molecule has 0 amide bonds. The van der Waals surface area contributed by atoms with Crippen LogP contribution in [0.2, 0.25) is 0 Å². The molecule has 22 heavy (non-hydrogen) atoms. The lowest BCUT2D eigenvalue weighted by atomic mass is 9.91. The number of hydrogen-bond donors (Lipinski definition) is 0. The predicted octanol–water partition coefficient (Wildman–Crippen LogP) is 3.98. The van der Waals surface area contributed by atoms with E-state index in [2.05, 4.69) is 25.1 Å². The first-order chi connectivity index (χ1) is 10.7. The normalized spacial score (nSPS) is 11.3. The zero-order valence-corrected chi connectivity index (χ0v) is 12.8. The van der Waals surface area contributed by atoms with Crippen LogP contribution >= 0.6 is 0 Å². The summed E-state index contributed by atoms with van der Waals surface area (Å²) in [7, 11) is 1.65. The number of benzene rings is 2. The van der Waals surface area contributed by atoms with E-state index in [-0.39, 0.29) is 5.92 Å². The lowest BCUT2D eigenvalue weighted by Gasteiger charge is -2.14. The van der Waals surface area contributed by atoms with Crippen molar-refractivity contribution in [3.63, 3.8) is 0 Å². The zero-order chi connectivity index (χ0) is 15.9. The maximum absolute atomic E-state index is 9.50. The van der Waals surface area contributed by atoms with E-state index in [9.17, 15) is 5.26 Å². The highest BCUT2D eigenvalue weighted by Crippen LogP contribution is 2.27. The molecule has 0 saturated carbocycles. The average Bonchev–Trinajstić information content (AvgIpc) is 2.59. The van der Waals surface area contributed by atoms with E-state index in [1.165, 1.54) is 5.56 Å². The summed E-state index contributed by atoms with van der Waals surface area (Å²) in [6, 6.07) is 17.8. The molecule has 0 fully saturated rings. The van der Waals surface area contributed by atoms with Crippen molar-refractivity contribution in [1.29, 1.82) is 10.5 Å². The summed E-state index contributed by atoms with van der Waals surface area (Å²) in [5.74, 6) is 0.555. The molecule has 2 rings (SSSR count). The molecule has 1 unspecified atom stereocenters. The fourth-order valence-corrected chi connectivity index (χ4v) is 2.46. The fraction of sp³-hybridized carbons (Fsp3) is 0.263. The van der Waals surface area contributed by atoms with E-state index in [1.807, 2.05) is 24.3 Å². The van der Waals surface area contributed by atoms with Crippen molar-refractivity contribution in [2.45, 2.75) is 25.7 Å². The minimum Gasteiger partial charge on any atom is -0.496 e. The Hall–Kier alpha value is -2.78. The molecule has 0 bridgehead atoms. The Bertz CT molecular complexity index is 721. The molecule has 3 nitrogen and oxygen atoms in total. The molecule has 0 aliphatic heterocycles. The fourth-order valence-electron chi connectivity index (χ4n) is 2.46. The van der Waals surface area contributed by atoms with Crippen LogP contribution in [-0.2, 0) is 12.8 Å². The predicted molar refractivity (Wildman–Crippen MR) is 85.6 cm³/mol. The third kappa shape index (κ3) is 3.45. The third-order valence-corrected chi connectivity index (χ3v) is 3.78. The molecular weight excluding hydrogens is 272 g/mol. The Balaban J connectivity index is 2.30. The van der Waals surface area contributed by atoms with Gasteiger partial charge in [-0.3, -0.25) is 0 Å². The molecule has 0 heterocycles. The summed E-state index contributed by atoms with van der Waals surface area (Å²) in [4.78, 5) is 0. The van der Waals surface area contributed by atoms with Crippen LogP contribution in [0.1, 0.15) is 35.1 Å². The lowest BCUT2D eigenvalue weighted by Crippen LogP contribution is -2.03. The largest absolute Gasteiger partial charge is 0.496 e. The molecule has 0 spiro atoms. The number of aryl methyl sites for hydroxylation is 1. The molecule has 0 radical (unpaired) electrons. The van der Waals surface area contributed by atoms with Gasteiger partial charge < -0.3 is 4.74 Å². The number of nitrogens with zero attached hydrogens (tertiary/aromatic N) is 2. The number of hydrogen-bond acceptors (Lipinski definition) is 3. The van der Waals surface area contributed by atoms with E-state index in [0.717, 1.165) is 23.3 Å². The molecule has 2 aromatic rings. The van der Waals surface area contributed by atoms with Gasteiger partial charge in [-0.05, 0) is 47.7 Å². The van der Waals surface area contributed by atoms with Crippen LogP contribution in [0.25, 0.3) is 0 Å². The smallest absolute Gasteiger partial charge is 0.122 e. The second kappa shape index (κ2) is 7.29. The van der Waals surface area contributed by atoms with Crippen molar-refractivity contribution >= 4 is 0 Å². The van der Waals surface area contributed by atoms with Gasteiger partial charge in [0.15, 0.2) is 0 Å². The second-order valence-corrected chi connectivity index (χ2v) is 5.12. The van der Waals surface area contributed by atoms with Crippen molar-refractivity contribution in [2.75, 3.05) is 7.11 Å². The highest BCUT2D eigenvalue weighted by Gasteiger charge is 2.15. The molecular formula is C19H18N2O. The van der Waals surface area contributed by atoms with Crippen LogP contribution in [0.3, 0.4) is 0 Å². The van der Waals surface area contributed by atoms with Crippen LogP contribution in [-0.4, -0.2) is 7.11 Å². The van der Waals surface area contributed by atoms with Crippen LogP contribution < -0.4 is 4.74 Å². The highest BCUT2D eigenvalue weighted by atomic mass is 16.5. The van der Waals surface area contributed by atoms with Gasteiger partial charge in [0.1, 0.15) is 5.75 Å². The van der Waals surface area contributed by atoms with Gasteiger partial charge in [0.2, 0.25) is 0 Å². The molecule has 1 atom stereocenters. The SMILES string of the molecule is CCc1ccc(OC)c(CC(C#N)c2ccc(C#N)cc2)c1. The van der Waals surface area contributed by atoms with Crippen molar-refractivity contribution in [1.82, 2.24) is 0 Å². The summed E-state index contributed by atoms with van der Waals surface area (Å²) >= 11 is 0. The molecule has 110 valence electrons. The summed E-state index contributed by atoms with van der Waals surface area (Å²) in [6.07, 6.45) is 1.55. The van der Waals surface area contributed by atoms with Crippen LogP contribution in [0.5, 0.6) is 5.75 Å². The Morgan fingerprint density at radius 1 is 1.09 bits per heavy atom. The molecule has 2 aromatic carbocycles. The number of ether oxygens (including phenoxy) is 1. The standard InChI is InChI=1S/C19H18N2O/c1-3-14-6-9-19(22-2)17(10-14)11-18(13-21)16-7-4-15(12-20)5-8-16/h4-10,18H,3,11H2,1-2H3. The number of methoxy groups -OCH3 is 1. The monoisotopic (exact) mass is 290 g/mol. The minimum atomic E-state index is -0.256. The van der Waals surface area contributed by atoms with E-state index in [0.29, 0.717) is 12.0 Å².